The summed E-state index contributed by atoms with van der Waals surface area (Å²) in [5, 5.41) is 4.17. The first kappa shape index (κ1) is 12.5. The van der Waals surface area contributed by atoms with Gasteiger partial charge in [0, 0.05) is 16.3 Å². The number of aryl methyl sites for hydroxylation is 3. The van der Waals surface area contributed by atoms with Crippen LogP contribution in [0.5, 0.6) is 0 Å². The van der Waals surface area contributed by atoms with E-state index in [1.54, 1.807) is 0 Å². The molecule has 0 saturated carbocycles. The van der Waals surface area contributed by atoms with E-state index >= 15 is 0 Å². The third-order valence-corrected chi connectivity index (χ3v) is 4.06. The van der Waals surface area contributed by atoms with Crippen LogP contribution in [0, 0.1) is 20.8 Å². The molecular weight excluding hydrogens is 250 g/mol. The van der Waals surface area contributed by atoms with Gasteiger partial charge in [0.1, 0.15) is 0 Å². The number of benzene rings is 1. The number of anilines is 1. The Morgan fingerprint density at radius 1 is 1.18 bits per heavy atom. The highest BCUT2D eigenvalue weighted by Gasteiger charge is 2.04. The Morgan fingerprint density at radius 3 is 2.53 bits per heavy atom. The van der Waals surface area contributed by atoms with Crippen LogP contribution >= 0.6 is 22.9 Å². The quantitative estimate of drug-likeness (QED) is 0.829. The number of rotatable bonds is 3. The maximum Gasteiger partial charge on any atom is 0.0640 e. The van der Waals surface area contributed by atoms with Crippen molar-refractivity contribution in [2.24, 2.45) is 0 Å². The summed E-state index contributed by atoms with van der Waals surface area (Å²) in [6.45, 7) is 7.17. The molecule has 0 atom stereocenters. The van der Waals surface area contributed by atoms with Crippen molar-refractivity contribution in [1.82, 2.24) is 0 Å². The van der Waals surface area contributed by atoms with Crippen LogP contribution in [0.3, 0.4) is 0 Å². The van der Waals surface area contributed by atoms with E-state index in [9.17, 15) is 0 Å². The van der Waals surface area contributed by atoms with Gasteiger partial charge in [0.05, 0.1) is 10.7 Å². The van der Waals surface area contributed by atoms with Gasteiger partial charge in [-0.1, -0.05) is 17.7 Å². The SMILES string of the molecule is Cc1ccc(NCc2cc(C)sc2C)c(Cl)c1. The van der Waals surface area contributed by atoms with Gasteiger partial charge >= 0.3 is 0 Å². The number of nitrogens with one attached hydrogen (secondary N) is 1. The smallest absolute Gasteiger partial charge is 0.0640 e. The van der Waals surface area contributed by atoms with E-state index in [2.05, 4.69) is 31.3 Å². The first-order valence-corrected chi connectivity index (χ1v) is 6.81. The summed E-state index contributed by atoms with van der Waals surface area (Å²) in [5.74, 6) is 0. The molecule has 0 aliphatic carbocycles. The van der Waals surface area contributed by atoms with Gasteiger partial charge in [0.25, 0.3) is 0 Å². The molecule has 2 aromatic rings. The van der Waals surface area contributed by atoms with E-state index in [-0.39, 0.29) is 0 Å². The highest BCUT2D eigenvalue weighted by atomic mass is 35.5. The summed E-state index contributed by atoms with van der Waals surface area (Å²) in [5.41, 5.74) is 3.53. The van der Waals surface area contributed by atoms with E-state index in [4.69, 9.17) is 11.6 Å². The average Bonchev–Trinajstić information content (AvgIpc) is 2.56. The third-order valence-electron chi connectivity index (χ3n) is 2.74. The Labute approximate surface area is 111 Å². The largest absolute Gasteiger partial charge is 0.380 e. The molecule has 17 heavy (non-hydrogen) atoms. The Hall–Kier alpha value is -0.990. The molecule has 1 heterocycles. The number of hydrogen-bond acceptors (Lipinski definition) is 2. The molecule has 3 heteroatoms. The van der Waals surface area contributed by atoms with E-state index in [1.165, 1.54) is 20.9 Å². The van der Waals surface area contributed by atoms with Gasteiger partial charge < -0.3 is 5.32 Å². The summed E-state index contributed by atoms with van der Waals surface area (Å²) in [4.78, 5) is 2.73. The standard InChI is InChI=1S/C14H16ClNS/c1-9-4-5-14(13(15)6-9)16-8-12-7-10(2)17-11(12)3/h4-7,16H,8H2,1-3H3. The van der Waals surface area contributed by atoms with Crippen molar-refractivity contribution in [3.63, 3.8) is 0 Å². The average molecular weight is 266 g/mol. The molecule has 0 fully saturated rings. The van der Waals surface area contributed by atoms with E-state index in [1.807, 2.05) is 30.4 Å². The van der Waals surface area contributed by atoms with Crippen molar-refractivity contribution in [3.8, 4) is 0 Å². The van der Waals surface area contributed by atoms with E-state index < -0.39 is 0 Å². The van der Waals surface area contributed by atoms with E-state index in [0.29, 0.717) is 0 Å². The number of halogens is 1. The molecule has 0 amide bonds. The maximum absolute atomic E-state index is 6.18. The van der Waals surface area contributed by atoms with Gasteiger partial charge in [-0.3, -0.25) is 0 Å². The molecule has 0 aliphatic rings. The van der Waals surface area contributed by atoms with Gasteiger partial charge in [-0.25, -0.2) is 0 Å². The number of thiophene rings is 1. The van der Waals surface area contributed by atoms with Crippen molar-refractivity contribution in [3.05, 3.63) is 50.2 Å². The fourth-order valence-electron chi connectivity index (χ4n) is 1.81. The topological polar surface area (TPSA) is 12.0 Å². The Kier molecular flexibility index (Phi) is 3.75. The van der Waals surface area contributed by atoms with Crippen molar-refractivity contribution < 1.29 is 0 Å². The molecule has 1 aromatic heterocycles. The molecule has 0 radical (unpaired) electrons. The van der Waals surface area contributed by atoms with Gasteiger partial charge in [-0.2, -0.15) is 0 Å². The summed E-state index contributed by atoms with van der Waals surface area (Å²) in [6, 6.07) is 8.32. The highest BCUT2D eigenvalue weighted by molar-refractivity contribution is 7.12. The molecule has 1 nitrogen and oxygen atoms in total. The lowest BCUT2D eigenvalue weighted by atomic mass is 10.2. The summed E-state index contributed by atoms with van der Waals surface area (Å²) >= 11 is 8.02. The van der Waals surface area contributed by atoms with Gasteiger partial charge in [-0.05, 0) is 50.1 Å². The minimum absolute atomic E-state index is 0.787. The summed E-state index contributed by atoms with van der Waals surface area (Å²) < 4.78 is 0. The molecule has 90 valence electrons. The van der Waals surface area contributed by atoms with Crippen molar-refractivity contribution in [2.75, 3.05) is 5.32 Å². The van der Waals surface area contributed by atoms with Crippen LogP contribution in [0.2, 0.25) is 5.02 Å². The Balaban J connectivity index is 2.10. The summed E-state index contributed by atoms with van der Waals surface area (Å²) in [7, 11) is 0. The second kappa shape index (κ2) is 5.11. The zero-order valence-corrected chi connectivity index (χ0v) is 11.9. The molecule has 1 N–H and O–H groups in total. The van der Waals surface area contributed by atoms with Crippen LogP contribution in [0.4, 0.5) is 5.69 Å². The van der Waals surface area contributed by atoms with Crippen molar-refractivity contribution >= 4 is 28.6 Å². The van der Waals surface area contributed by atoms with Crippen LogP contribution in [0.15, 0.2) is 24.3 Å². The fraction of sp³-hybridized carbons (Fsp3) is 0.286. The highest BCUT2D eigenvalue weighted by Crippen LogP contribution is 2.25. The minimum Gasteiger partial charge on any atom is -0.380 e. The lowest BCUT2D eigenvalue weighted by Gasteiger charge is -2.08. The zero-order chi connectivity index (χ0) is 12.4. The molecule has 2 rings (SSSR count). The van der Waals surface area contributed by atoms with Gasteiger partial charge in [0.2, 0.25) is 0 Å². The van der Waals surface area contributed by atoms with Gasteiger partial charge in [-0.15, -0.1) is 11.3 Å². The normalized spacial score (nSPS) is 10.6. The fourth-order valence-corrected chi connectivity index (χ4v) is 3.06. The maximum atomic E-state index is 6.18. The van der Waals surface area contributed by atoms with Crippen LogP contribution < -0.4 is 5.32 Å². The lowest BCUT2D eigenvalue weighted by Crippen LogP contribution is -2.00. The van der Waals surface area contributed by atoms with Crippen LogP contribution in [-0.2, 0) is 6.54 Å². The predicted molar refractivity (Wildman–Crippen MR) is 77.3 cm³/mol. The molecule has 0 aliphatic heterocycles. The lowest BCUT2D eigenvalue weighted by molar-refractivity contribution is 1.14. The van der Waals surface area contributed by atoms with Crippen molar-refractivity contribution in [2.45, 2.75) is 27.3 Å². The van der Waals surface area contributed by atoms with Crippen LogP contribution in [-0.4, -0.2) is 0 Å². The van der Waals surface area contributed by atoms with Crippen LogP contribution in [0.25, 0.3) is 0 Å². The van der Waals surface area contributed by atoms with Gasteiger partial charge in [0.15, 0.2) is 0 Å². The van der Waals surface area contributed by atoms with E-state index in [0.717, 1.165) is 17.3 Å². The molecule has 0 spiro atoms. The first-order valence-electron chi connectivity index (χ1n) is 5.62. The monoisotopic (exact) mass is 265 g/mol. The second-order valence-electron chi connectivity index (χ2n) is 4.28. The Bertz CT molecular complexity index is 531. The molecular formula is C14H16ClNS. The summed E-state index contributed by atoms with van der Waals surface area (Å²) in [6.07, 6.45) is 0. The zero-order valence-electron chi connectivity index (χ0n) is 10.3. The molecule has 0 bridgehead atoms. The Morgan fingerprint density at radius 2 is 1.94 bits per heavy atom. The third kappa shape index (κ3) is 3.02. The number of hydrogen-bond donors (Lipinski definition) is 1. The minimum atomic E-state index is 0.787. The first-order chi connectivity index (χ1) is 8.06. The second-order valence-corrected chi connectivity index (χ2v) is 6.14. The molecule has 1 aromatic carbocycles. The molecule has 0 unspecified atom stereocenters. The predicted octanol–water partition coefficient (Wildman–Crippen LogP) is 4.94. The molecule has 0 saturated heterocycles. The van der Waals surface area contributed by atoms with Crippen LogP contribution in [0.1, 0.15) is 20.9 Å². The van der Waals surface area contributed by atoms with Crippen molar-refractivity contribution in [1.29, 1.82) is 0 Å².